The van der Waals surface area contributed by atoms with Crippen LogP contribution in [0, 0.1) is 0 Å². The molecule has 0 spiro atoms. The normalized spacial score (nSPS) is 16.9. The molecule has 0 atom stereocenters. The summed E-state index contributed by atoms with van der Waals surface area (Å²) in [5.41, 5.74) is 0. The van der Waals surface area contributed by atoms with Crippen LogP contribution in [0.4, 0.5) is 0 Å². The Kier molecular flexibility index (Phi) is 6.82. The monoisotopic (exact) mass is 300 g/mol. The smallest absolute Gasteiger partial charge is 0.283 e. The second-order valence-corrected chi connectivity index (χ2v) is 6.15. The van der Waals surface area contributed by atoms with Crippen molar-refractivity contribution >= 4 is 11.8 Å². The third kappa shape index (κ3) is 4.75. The highest BCUT2D eigenvalue weighted by molar-refractivity contribution is 7.99. The average Bonchev–Trinajstić information content (AvgIpc) is 2.95. The van der Waals surface area contributed by atoms with Crippen molar-refractivity contribution in [1.82, 2.24) is 10.1 Å². The lowest BCUT2D eigenvalue weighted by Gasteiger charge is -2.20. The Bertz CT molecular complexity index is 374. The molecule has 0 aromatic carbocycles. The fraction of sp³-hybridized carbons (Fsp3) is 0.857. The number of thioether (sulfide) groups is 1. The SMILES string of the molecule is CCOC(OCC)c1nc(CSC2CCCCC2)no1. The van der Waals surface area contributed by atoms with E-state index in [2.05, 4.69) is 10.1 Å². The van der Waals surface area contributed by atoms with Gasteiger partial charge in [0.15, 0.2) is 5.82 Å². The van der Waals surface area contributed by atoms with E-state index in [9.17, 15) is 0 Å². The predicted molar refractivity (Wildman–Crippen MR) is 78.5 cm³/mol. The van der Waals surface area contributed by atoms with E-state index in [0.717, 1.165) is 16.8 Å². The largest absolute Gasteiger partial charge is 0.345 e. The lowest BCUT2D eigenvalue weighted by atomic mass is 10.0. The van der Waals surface area contributed by atoms with E-state index in [1.165, 1.54) is 32.1 Å². The summed E-state index contributed by atoms with van der Waals surface area (Å²) < 4.78 is 16.1. The molecule has 1 fully saturated rings. The van der Waals surface area contributed by atoms with Crippen LogP contribution in [0.1, 0.15) is 64.0 Å². The molecule has 0 aliphatic heterocycles. The molecule has 20 heavy (non-hydrogen) atoms. The lowest BCUT2D eigenvalue weighted by Crippen LogP contribution is -2.10. The molecule has 1 aromatic heterocycles. The van der Waals surface area contributed by atoms with Gasteiger partial charge in [0.25, 0.3) is 5.89 Å². The van der Waals surface area contributed by atoms with E-state index in [4.69, 9.17) is 14.0 Å². The van der Waals surface area contributed by atoms with E-state index in [1.807, 2.05) is 25.6 Å². The zero-order chi connectivity index (χ0) is 14.2. The quantitative estimate of drug-likeness (QED) is 0.682. The maximum absolute atomic E-state index is 5.45. The molecule has 0 unspecified atom stereocenters. The summed E-state index contributed by atoms with van der Waals surface area (Å²) in [6.45, 7) is 4.95. The van der Waals surface area contributed by atoms with Crippen LogP contribution in [0.15, 0.2) is 4.52 Å². The van der Waals surface area contributed by atoms with Crippen LogP contribution in [0.5, 0.6) is 0 Å². The molecule has 1 aliphatic rings. The van der Waals surface area contributed by atoms with Crippen molar-refractivity contribution in [3.05, 3.63) is 11.7 Å². The van der Waals surface area contributed by atoms with Crippen molar-refractivity contribution in [1.29, 1.82) is 0 Å². The summed E-state index contributed by atoms with van der Waals surface area (Å²) in [5.74, 6) is 1.96. The van der Waals surface area contributed by atoms with Crippen molar-refractivity contribution in [3.8, 4) is 0 Å². The van der Waals surface area contributed by atoms with Gasteiger partial charge in [-0.2, -0.15) is 16.7 Å². The Morgan fingerprint density at radius 3 is 2.55 bits per heavy atom. The third-order valence-corrected chi connectivity index (χ3v) is 4.69. The van der Waals surface area contributed by atoms with Crippen LogP contribution in [-0.4, -0.2) is 28.6 Å². The average molecular weight is 300 g/mol. The minimum absolute atomic E-state index is 0.424. The summed E-state index contributed by atoms with van der Waals surface area (Å²) in [4.78, 5) is 4.38. The van der Waals surface area contributed by atoms with Crippen molar-refractivity contribution in [3.63, 3.8) is 0 Å². The molecule has 0 amide bonds. The summed E-state index contributed by atoms with van der Waals surface area (Å²) >= 11 is 1.94. The second kappa shape index (κ2) is 8.64. The van der Waals surface area contributed by atoms with Crippen LogP contribution >= 0.6 is 11.8 Å². The summed E-state index contributed by atoms with van der Waals surface area (Å²) in [7, 11) is 0. The zero-order valence-corrected chi connectivity index (χ0v) is 13.2. The molecule has 1 saturated carbocycles. The first-order valence-electron chi connectivity index (χ1n) is 7.50. The first kappa shape index (κ1) is 15.8. The summed E-state index contributed by atoms with van der Waals surface area (Å²) in [6.07, 6.45) is 6.18. The molecule has 1 aliphatic carbocycles. The van der Waals surface area contributed by atoms with Crippen molar-refractivity contribution in [2.45, 2.75) is 63.2 Å². The van der Waals surface area contributed by atoms with E-state index in [1.54, 1.807) is 0 Å². The van der Waals surface area contributed by atoms with Crippen LogP contribution in [0.25, 0.3) is 0 Å². The molecule has 1 heterocycles. The fourth-order valence-corrected chi connectivity index (χ4v) is 3.51. The number of nitrogens with zero attached hydrogens (tertiary/aromatic N) is 2. The minimum atomic E-state index is -0.536. The lowest BCUT2D eigenvalue weighted by molar-refractivity contribution is -0.155. The van der Waals surface area contributed by atoms with Gasteiger partial charge in [0, 0.05) is 18.5 Å². The van der Waals surface area contributed by atoms with Gasteiger partial charge in [-0.05, 0) is 26.7 Å². The maximum atomic E-state index is 5.45. The molecule has 2 rings (SSSR count). The number of hydrogen-bond acceptors (Lipinski definition) is 6. The van der Waals surface area contributed by atoms with Crippen molar-refractivity contribution in [2.75, 3.05) is 13.2 Å². The number of rotatable bonds is 8. The van der Waals surface area contributed by atoms with Gasteiger partial charge < -0.3 is 14.0 Å². The highest BCUT2D eigenvalue weighted by Crippen LogP contribution is 2.30. The number of aromatic nitrogens is 2. The van der Waals surface area contributed by atoms with E-state index in [0.29, 0.717) is 19.1 Å². The van der Waals surface area contributed by atoms with Gasteiger partial charge in [0.05, 0.1) is 5.75 Å². The zero-order valence-electron chi connectivity index (χ0n) is 12.3. The standard InChI is InChI=1S/C14H24N2O3S/c1-3-17-14(18-4-2)13-15-12(16-19-13)10-20-11-8-6-5-7-9-11/h11,14H,3-10H2,1-2H3. The van der Waals surface area contributed by atoms with Crippen LogP contribution < -0.4 is 0 Å². The number of ether oxygens (including phenoxy) is 2. The third-order valence-electron chi connectivity index (χ3n) is 3.32. The first-order chi connectivity index (χ1) is 9.83. The predicted octanol–water partition coefficient (Wildman–Crippen LogP) is 3.71. The molecule has 0 N–H and O–H groups in total. The summed E-state index contributed by atoms with van der Waals surface area (Å²) in [6, 6.07) is 0. The molecule has 1 aromatic rings. The van der Waals surface area contributed by atoms with Crippen LogP contribution in [0.3, 0.4) is 0 Å². The Labute approximate surface area is 124 Å². The minimum Gasteiger partial charge on any atom is -0.345 e. The Hall–Kier alpha value is -0.590. The van der Waals surface area contributed by atoms with Gasteiger partial charge >= 0.3 is 0 Å². The Balaban J connectivity index is 1.83. The van der Waals surface area contributed by atoms with Gasteiger partial charge in [-0.3, -0.25) is 0 Å². The Morgan fingerprint density at radius 1 is 1.20 bits per heavy atom. The summed E-state index contributed by atoms with van der Waals surface area (Å²) in [5, 5.41) is 4.77. The van der Waals surface area contributed by atoms with E-state index >= 15 is 0 Å². The van der Waals surface area contributed by atoms with Crippen LogP contribution in [-0.2, 0) is 15.2 Å². The molecule has 5 nitrogen and oxygen atoms in total. The maximum Gasteiger partial charge on any atom is 0.283 e. The Morgan fingerprint density at radius 2 is 1.90 bits per heavy atom. The van der Waals surface area contributed by atoms with Gasteiger partial charge in [-0.1, -0.05) is 24.4 Å². The molecule has 0 radical (unpaired) electrons. The molecular weight excluding hydrogens is 276 g/mol. The van der Waals surface area contributed by atoms with Crippen molar-refractivity contribution in [2.24, 2.45) is 0 Å². The topological polar surface area (TPSA) is 57.4 Å². The molecular formula is C14H24N2O3S. The van der Waals surface area contributed by atoms with E-state index < -0.39 is 6.29 Å². The second-order valence-electron chi connectivity index (χ2n) is 4.86. The van der Waals surface area contributed by atoms with Crippen molar-refractivity contribution < 1.29 is 14.0 Å². The van der Waals surface area contributed by atoms with Gasteiger partial charge in [-0.15, -0.1) is 0 Å². The van der Waals surface area contributed by atoms with Crippen LogP contribution in [0.2, 0.25) is 0 Å². The molecule has 114 valence electrons. The molecule has 0 bridgehead atoms. The highest BCUT2D eigenvalue weighted by Gasteiger charge is 2.20. The highest BCUT2D eigenvalue weighted by atomic mass is 32.2. The van der Waals surface area contributed by atoms with Gasteiger partial charge in [0.2, 0.25) is 6.29 Å². The molecule has 6 heteroatoms. The number of hydrogen-bond donors (Lipinski definition) is 0. The first-order valence-corrected chi connectivity index (χ1v) is 8.55. The molecule has 0 saturated heterocycles. The van der Waals surface area contributed by atoms with Gasteiger partial charge in [-0.25, -0.2) is 0 Å². The fourth-order valence-electron chi connectivity index (χ4n) is 2.34. The van der Waals surface area contributed by atoms with Gasteiger partial charge in [0.1, 0.15) is 0 Å². The van der Waals surface area contributed by atoms with E-state index in [-0.39, 0.29) is 0 Å².